The number of piperidine rings is 1. The Bertz CT molecular complexity index is 241. The number of hydroxylamine groups is 2. The van der Waals surface area contributed by atoms with Crippen LogP contribution in [0.5, 0.6) is 0 Å². The van der Waals surface area contributed by atoms with Gasteiger partial charge in [0.1, 0.15) is 5.78 Å². The third-order valence-corrected chi connectivity index (χ3v) is 1.72. The fourth-order valence-electron chi connectivity index (χ4n) is 0.996. The summed E-state index contributed by atoms with van der Waals surface area (Å²) in [6, 6.07) is 0. The molecule has 1 aliphatic heterocycles. The summed E-state index contributed by atoms with van der Waals surface area (Å²) in [5, 5.41) is 0.858. The van der Waals surface area contributed by atoms with E-state index in [4.69, 9.17) is 0 Å². The molecule has 1 rings (SSSR count). The lowest BCUT2D eigenvalue weighted by atomic mass is 10.1. The Morgan fingerprint density at radius 2 is 1.79 bits per heavy atom. The Morgan fingerprint density at radius 1 is 1.29 bits per heavy atom. The van der Waals surface area contributed by atoms with Gasteiger partial charge in [0.05, 0.1) is 0 Å². The molecule has 0 amide bonds. The van der Waals surface area contributed by atoms with Gasteiger partial charge < -0.3 is 4.84 Å². The van der Waals surface area contributed by atoms with Crippen molar-refractivity contribution in [1.82, 2.24) is 5.06 Å². The van der Waals surface area contributed by atoms with Gasteiger partial charge in [-0.3, -0.25) is 4.79 Å². The van der Waals surface area contributed by atoms with Gasteiger partial charge >= 0.3 is 12.1 Å². The molecule has 0 aromatic rings. The number of alkyl halides is 3. The van der Waals surface area contributed by atoms with Crippen LogP contribution >= 0.6 is 0 Å². The van der Waals surface area contributed by atoms with Crippen molar-refractivity contribution < 1.29 is 27.6 Å². The van der Waals surface area contributed by atoms with Crippen molar-refractivity contribution in [3.05, 3.63) is 0 Å². The molecule has 0 aromatic heterocycles. The summed E-state index contributed by atoms with van der Waals surface area (Å²) in [4.78, 5) is 25.1. The molecule has 7 heteroatoms. The molecule has 0 aliphatic carbocycles. The maximum absolute atomic E-state index is 11.7. The number of ketones is 1. The van der Waals surface area contributed by atoms with Crippen molar-refractivity contribution in [2.24, 2.45) is 0 Å². The Hall–Kier alpha value is -1.11. The van der Waals surface area contributed by atoms with Crippen molar-refractivity contribution in [3.63, 3.8) is 0 Å². The van der Waals surface area contributed by atoms with E-state index >= 15 is 0 Å². The zero-order valence-corrected chi connectivity index (χ0v) is 7.13. The van der Waals surface area contributed by atoms with Gasteiger partial charge in [0.2, 0.25) is 0 Å². The summed E-state index contributed by atoms with van der Waals surface area (Å²) in [6.45, 7) is 0.0569. The fraction of sp³-hybridized carbons (Fsp3) is 0.714. The van der Waals surface area contributed by atoms with Gasteiger partial charge in [0.15, 0.2) is 0 Å². The van der Waals surface area contributed by atoms with Gasteiger partial charge in [0, 0.05) is 25.9 Å². The molecule has 14 heavy (non-hydrogen) atoms. The van der Waals surface area contributed by atoms with E-state index in [0.717, 1.165) is 5.06 Å². The van der Waals surface area contributed by atoms with Crippen LogP contribution in [-0.4, -0.2) is 36.1 Å². The minimum absolute atomic E-state index is 0.0284. The van der Waals surface area contributed by atoms with Crippen LogP contribution in [0, 0.1) is 0 Å². The third-order valence-electron chi connectivity index (χ3n) is 1.72. The first-order valence-corrected chi connectivity index (χ1v) is 3.95. The van der Waals surface area contributed by atoms with E-state index in [9.17, 15) is 22.8 Å². The standard InChI is InChI=1S/C7H8F3NO3/c8-7(9,10)6(13)14-11-3-1-5(12)2-4-11/h1-4H2. The molecule has 0 spiro atoms. The van der Waals surface area contributed by atoms with Crippen LogP contribution in [0.15, 0.2) is 0 Å². The van der Waals surface area contributed by atoms with Crippen molar-refractivity contribution >= 4 is 11.8 Å². The van der Waals surface area contributed by atoms with Crippen molar-refractivity contribution in [3.8, 4) is 0 Å². The van der Waals surface area contributed by atoms with E-state index in [1.54, 1.807) is 0 Å². The lowest BCUT2D eigenvalue weighted by Gasteiger charge is -2.24. The molecule has 0 aromatic carbocycles. The van der Waals surface area contributed by atoms with Crippen molar-refractivity contribution in [2.45, 2.75) is 19.0 Å². The fourth-order valence-corrected chi connectivity index (χ4v) is 0.996. The Balaban J connectivity index is 2.38. The average Bonchev–Trinajstić information content (AvgIpc) is 2.07. The number of hydrogen-bond acceptors (Lipinski definition) is 4. The number of halogens is 3. The smallest absolute Gasteiger partial charge is 0.361 e. The van der Waals surface area contributed by atoms with E-state index in [-0.39, 0.29) is 31.7 Å². The van der Waals surface area contributed by atoms with Crippen LogP contribution in [0.25, 0.3) is 0 Å². The number of hydrogen-bond donors (Lipinski definition) is 0. The molecule has 80 valence electrons. The van der Waals surface area contributed by atoms with Crippen LogP contribution in [-0.2, 0) is 14.4 Å². The molecular formula is C7H8F3NO3. The highest BCUT2D eigenvalue weighted by Crippen LogP contribution is 2.18. The molecule has 0 bridgehead atoms. The van der Waals surface area contributed by atoms with Crippen LogP contribution in [0.2, 0.25) is 0 Å². The van der Waals surface area contributed by atoms with Gasteiger partial charge in [-0.25, -0.2) is 4.79 Å². The molecule has 1 saturated heterocycles. The minimum atomic E-state index is -4.98. The topological polar surface area (TPSA) is 46.6 Å². The highest BCUT2D eigenvalue weighted by Gasteiger charge is 2.42. The first-order chi connectivity index (χ1) is 6.39. The van der Waals surface area contributed by atoms with E-state index in [2.05, 4.69) is 4.84 Å². The maximum atomic E-state index is 11.7. The molecule has 0 atom stereocenters. The van der Waals surface area contributed by atoms with Gasteiger partial charge in [-0.05, 0) is 0 Å². The van der Waals surface area contributed by atoms with Crippen LogP contribution in [0.4, 0.5) is 13.2 Å². The molecule has 1 aliphatic rings. The number of carbonyl (C=O) groups is 2. The summed E-state index contributed by atoms with van der Waals surface area (Å²) < 4.78 is 35.1. The van der Waals surface area contributed by atoms with Crippen molar-refractivity contribution in [2.75, 3.05) is 13.1 Å². The van der Waals surface area contributed by atoms with Gasteiger partial charge in [-0.2, -0.15) is 13.2 Å². The molecule has 4 nitrogen and oxygen atoms in total. The highest BCUT2D eigenvalue weighted by molar-refractivity contribution is 5.79. The molecule has 0 radical (unpaired) electrons. The number of rotatable bonds is 1. The lowest BCUT2D eigenvalue weighted by Crippen LogP contribution is -2.39. The number of carbonyl (C=O) groups excluding carboxylic acids is 2. The maximum Gasteiger partial charge on any atom is 0.492 e. The Morgan fingerprint density at radius 3 is 2.21 bits per heavy atom. The summed E-state index contributed by atoms with van der Waals surface area (Å²) in [5.41, 5.74) is 0. The van der Waals surface area contributed by atoms with Crippen LogP contribution in [0.1, 0.15) is 12.8 Å². The summed E-state index contributed by atoms with van der Waals surface area (Å²) >= 11 is 0. The van der Waals surface area contributed by atoms with Crippen LogP contribution in [0.3, 0.4) is 0 Å². The zero-order chi connectivity index (χ0) is 10.8. The highest BCUT2D eigenvalue weighted by atomic mass is 19.4. The van der Waals surface area contributed by atoms with E-state index in [1.807, 2.05) is 0 Å². The molecule has 0 saturated carbocycles. The van der Waals surface area contributed by atoms with Crippen LogP contribution < -0.4 is 0 Å². The largest absolute Gasteiger partial charge is 0.492 e. The minimum Gasteiger partial charge on any atom is -0.361 e. The Labute approximate surface area is 77.6 Å². The molecule has 0 N–H and O–H groups in total. The van der Waals surface area contributed by atoms with E-state index < -0.39 is 12.1 Å². The Kier molecular flexibility index (Phi) is 3.10. The summed E-state index contributed by atoms with van der Waals surface area (Å²) in [5.74, 6) is -2.28. The molecular weight excluding hydrogens is 203 g/mol. The van der Waals surface area contributed by atoms with E-state index in [1.165, 1.54) is 0 Å². The quantitative estimate of drug-likeness (QED) is 0.639. The summed E-state index contributed by atoms with van der Waals surface area (Å²) in [7, 11) is 0. The number of Topliss-reactive ketones (excluding diaryl/α,β-unsaturated/α-hetero) is 1. The SMILES string of the molecule is O=C1CCN(OC(=O)C(F)(F)F)CC1. The number of nitrogens with zero attached hydrogens (tertiary/aromatic N) is 1. The summed E-state index contributed by atoms with van der Waals surface area (Å²) in [6.07, 6.45) is -4.75. The van der Waals surface area contributed by atoms with Crippen molar-refractivity contribution in [1.29, 1.82) is 0 Å². The van der Waals surface area contributed by atoms with Gasteiger partial charge in [0.25, 0.3) is 0 Å². The van der Waals surface area contributed by atoms with Gasteiger partial charge in [-0.15, -0.1) is 5.06 Å². The predicted octanol–water partition coefficient (Wildman–Crippen LogP) is 0.672. The van der Waals surface area contributed by atoms with E-state index in [0.29, 0.717) is 0 Å². The molecule has 0 unspecified atom stereocenters. The first kappa shape index (κ1) is 11.0. The predicted molar refractivity (Wildman–Crippen MR) is 38.0 cm³/mol. The second kappa shape index (κ2) is 3.95. The average molecular weight is 211 g/mol. The first-order valence-electron chi connectivity index (χ1n) is 3.95. The van der Waals surface area contributed by atoms with Gasteiger partial charge in [-0.1, -0.05) is 0 Å². The zero-order valence-electron chi connectivity index (χ0n) is 7.13. The molecule has 1 fully saturated rings. The normalized spacial score (nSPS) is 19.5. The second-order valence-corrected chi connectivity index (χ2v) is 2.84. The third kappa shape index (κ3) is 2.99. The molecule has 1 heterocycles. The second-order valence-electron chi connectivity index (χ2n) is 2.84. The monoisotopic (exact) mass is 211 g/mol. The lowest BCUT2D eigenvalue weighted by molar-refractivity contribution is -0.240.